The van der Waals surface area contributed by atoms with Crippen molar-refractivity contribution in [3.05, 3.63) is 59.9 Å². The van der Waals surface area contributed by atoms with E-state index in [1.165, 1.54) is 24.3 Å². The van der Waals surface area contributed by atoms with E-state index in [0.29, 0.717) is 18.0 Å². The zero-order valence-electron chi connectivity index (χ0n) is 10.8. The zero-order chi connectivity index (χ0) is 14.4. The number of amides is 1. The molecule has 0 unspecified atom stereocenters. The van der Waals surface area contributed by atoms with E-state index in [0.717, 1.165) is 12.0 Å². The summed E-state index contributed by atoms with van der Waals surface area (Å²) in [4.78, 5) is 11.6. The summed E-state index contributed by atoms with van der Waals surface area (Å²) in [5, 5.41) is 2.51. The highest BCUT2D eigenvalue weighted by molar-refractivity contribution is 5.86. The number of carbonyl (C=O) groups excluding carboxylic acids is 1. The highest BCUT2D eigenvalue weighted by Gasteiger charge is 2.05. The molecule has 0 atom stereocenters. The molecule has 20 heavy (non-hydrogen) atoms. The predicted molar refractivity (Wildman–Crippen MR) is 75.2 cm³/mol. The lowest BCUT2D eigenvalue weighted by atomic mass is 10.1. The lowest BCUT2D eigenvalue weighted by Gasteiger charge is -2.07. The van der Waals surface area contributed by atoms with Crippen molar-refractivity contribution in [2.75, 3.05) is 11.9 Å². The van der Waals surface area contributed by atoms with E-state index in [-0.39, 0.29) is 5.82 Å². The molecule has 5 heteroatoms. The first-order valence-corrected chi connectivity index (χ1v) is 6.21. The van der Waals surface area contributed by atoms with Crippen molar-refractivity contribution in [2.24, 2.45) is 5.73 Å². The molecule has 0 aromatic heterocycles. The highest BCUT2D eigenvalue weighted by atomic mass is 19.1. The summed E-state index contributed by atoms with van der Waals surface area (Å²) in [6, 6.07) is 12.6. The maximum absolute atomic E-state index is 12.7. The van der Waals surface area contributed by atoms with Gasteiger partial charge in [0.2, 0.25) is 0 Å². The van der Waals surface area contributed by atoms with Gasteiger partial charge in [-0.1, -0.05) is 12.1 Å². The first kappa shape index (κ1) is 14.0. The third-order valence-electron chi connectivity index (χ3n) is 2.66. The Hall–Kier alpha value is -2.40. The maximum Gasteiger partial charge on any atom is 0.417 e. The molecule has 0 saturated heterocycles. The minimum absolute atomic E-state index is 0.362. The van der Waals surface area contributed by atoms with Gasteiger partial charge in [-0.2, -0.15) is 0 Å². The molecular weight excluding hydrogens is 259 g/mol. The third kappa shape index (κ3) is 4.07. The summed E-state index contributed by atoms with van der Waals surface area (Å²) in [7, 11) is 0. The molecule has 0 heterocycles. The summed E-state index contributed by atoms with van der Waals surface area (Å²) < 4.78 is 17.8. The molecule has 0 fully saturated rings. The summed E-state index contributed by atoms with van der Waals surface area (Å²) in [6.07, 6.45) is 0.158. The van der Waals surface area contributed by atoms with Crippen LogP contribution >= 0.6 is 0 Å². The first-order valence-electron chi connectivity index (χ1n) is 6.21. The lowest BCUT2D eigenvalue weighted by molar-refractivity contribution is 0.215. The van der Waals surface area contributed by atoms with Crippen LogP contribution in [0.4, 0.5) is 14.9 Å². The van der Waals surface area contributed by atoms with Crippen molar-refractivity contribution in [3.8, 4) is 5.75 Å². The van der Waals surface area contributed by atoms with E-state index in [1.54, 1.807) is 12.1 Å². The number of halogens is 1. The quantitative estimate of drug-likeness (QED) is 0.901. The monoisotopic (exact) mass is 274 g/mol. The van der Waals surface area contributed by atoms with Gasteiger partial charge < -0.3 is 10.5 Å². The number of ether oxygens (including phenoxy) is 1. The number of nitrogens with two attached hydrogens (primary N) is 1. The third-order valence-corrected chi connectivity index (χ3v) is 2.66. The van der Waals surface area contributed by atoms with E-state index in [2.05, 4.69) is 5.32 Å². The minimum atomic E-state index is -0.622. The minimum Gasteiger partial charge on any atom is -0.410 e. The molecule has 104 valence electrons. The fourth-order valence-electron chi connectivity index (χ4n) is 1.67. The van der Waals surface area contributed by atoms with Gasteiger partial charge in [0.1, 0.15) is 11.6 Å². The maximum atomic E-state index is 12.7. The van der Waals surface area contributed by atoms with Crippen LogP contribution in [0.2, 0.25) is 0 Å². The smallest absolute Gasteiger partial charge is 0.410 e. The van der Waals surface area contributed by atoms with Gasteiger partial charge in [-0.25, -0.2) is 9.18 Å². The zero-order valence-corrected chi connectivity index (χ0v) is 10.8. The molecule has 0 aliphatic heterocycles. The van der Waals surface area contributed by atoms with Crippen molar-refractivity contribution in [1.82, 2.24) is 0 Å². The van der Waals surface area contributed by atoms with Gasteiger partial charge >= 0.3 is 6.09 Å². The summed E-state index contributed by atoms with van der Waals surface area (Å²) >= 11 is 0. The van der Waals surface area contributed by atoms with Crippen molar-refractivity contribution in [1.29, 1.82) is 0 Å². The molecule has 2 rings (SSSR count). The number of anilines is 1. The van der Waals surface area contributed by atoms with Crippen LogP contribution in [0.5, 0.6) is 5.75 Å². The topological polar surface area (TPSA) is 64.3 Å². The Morgan fingerprint density at radius 1 is 1.10 bits per heavy atom. The van der Waals surface area contributed by atoms with Crippen LogP contribution in [0, 0.1) is 5.82 Å². The molecule has 0 aliphatic rings. The molecule has 2 aromatic rings. The summed E-state index contributed by atoms with van der Waals surface area (Å²) in [6.45, 7) is 0.575. The predicted octanol–water partition coefficient (Wildman–Crippen LogP) is 2.94. The van der Waals surface area contributed by atoms with Crippen LogP contribution in [0.25, 0.3) is 0 Å². The second kappa shape index (κ2) is 6.68. The van der Waals surface area contributed by atoms with Crippen molar-refractivity contribution < 1.29 is 13.9 Å². The Morgan fingerprint density at radius 2 is 1.75 bits per heavy atom. The van der Waals surface area contributed by atoms with Gasteiger partial charge in [-0.15, -0.1) is 0 Å². The molecule has 0 aliphatic carbocycles. The molecular formula is C15H15FN2O2. The Balaban J connectivity index is 1.92. The second-order valence-corrected chi connectivity index (χ2v) is 4.20. The number of rotatable bonds is 4. The second-order valence-electron chi connectivity index (χ2n) is 4.20. The van der Waals surface area contributed by atoms with Crippen molar-refractivity contribution in [2.45, 2.75) is 6.42 Å². The van der Waals surface area contributed by atoms with E-state index < -0.39 is 6.09 Å². The van der Waals surface area contributed by atoms with Gasteiger partial charge in [0.25, 0.3) is 0 Å². The van der Waals surface area contributed by atoms with E-state index in [1.807, 2.05) is 12.1 Å². The molecule has 0 saturated carbocycles. The van der Waals surface area contributed by atoms with Crippen molar-refractivity contribution >= 4 is 11.8 Å². The highest BCUT2D eigenvalue weighted by Crippen LogP contribution is 2.14. The SMILES string of the molecule is NCCc1ccc(OC(=O)Nc2ccc(F)cc2)cc1. The fourth-order valence-corrected chi connectivity index (χ4v) is 1.67. The Morgan fingerprint density at radius 3 is 2.35 bits per heavy atom. The van der Waals surface area contributed by atoms with E-state index in [9.17, 15) is 9.18 Å². The molecule has 1 amide bonds. The average molecular weight is 274 g/mol. The molecule has 0 radical (unpaired) electrons. The number of hydrogen-bond acceptors (Lipinski definition) is 3. The summed E-state index contributed by atoms with van der Waals surface area (Å²) in [5.74, 6) is 0.0739. The van der Waals surface area contributed by atoms with Gasteiger partial charge in [-0.05, 0) is 54.9 Å². The van der Waals surface area contributed by atoms with E-state index in [4.69, 9.17) is 10.5 Å². The lowest BCUT2D eigenvalue weighted by Crippen LogP contribution is -2.16. The molecule has 0 spiro atoms. The number of hydrogen-bond donors (Lipinski definition) is 2. The first-order chi connectivity index (χ1) is 9.67. The Bertz CT molecular complexity index is 567. The molecule has 2 aromatic carbocycles. The Kier molecular flexibility index (Phi) is 4.68. The summed E-state index contributed by atoms with van der Waals surface area (Å²) in [5.41, 5.74) is 7.00. The average Bonchev–Trinajstić information content (AvgIpc) is 2.44. The molecule has 3 N–H and O–H groups in total. The standard InChI is InChI=1S/C15H15FN2O2/c16-12-3-5-13(6-4-12)18-15(19)20-14-7-1-11(2-8-14)9-10-17/h1-8H,9-10,17H2,(H,18,19). The fraction of sp³-hybridized carbons (Fsp3) is 0.133. The van der Waals surface area contributed by atoms with Crippen molar-refractivity contribution in [3.63, 3.8) is 0 Å². The normalized spacial score (nSPS) is 10.1. The van der Waals surface area contributed by atoms with Crippen LogP contribution in [0.3, 0.4) is 0 Å². The van der Waals surface area contributed by atoms with Crippen LogP contribution in [0.15, 0.2) is 48.5 Å². The van der Waals surface area contributed by atoms with Gasteiger partial charge in [0, 0.05) is 5.69 Å². The largest absolute Gasteiger partial charge is 0.417 e. The van der Waals surface area contributed by atoms with Crippen LogP contribution in [0.1, 0.15) is 5.56 Å². The number of nitrogens with one attached hydrogen (secondary N) is 1. The van der Waals surface area contributed by atoms with Crippen LogP contribution in [-0.2, 0) is 6.42 Å². The Labute approximate surface area is 116 Å². The van der Waals surface area contributed by atoms with E-state index >= 15 is 0 Å². The van der Waals surface area contributed by atoms with Gasteiger partial charge in [0.05, 0.1) is 0 Å². The number of carbonyl (C=O) groups is 1. The number of benzene rings is 2. The van der Waals surface area contributed by atoms with Crippen LogP contribution in [-0.4, -0.2) is 12.6 Å². The molecule has 0 bridgehead atoms. The van der Waals surface area contributed by atoms with Crippen LogP contribution < -0.4 is 15.8 Å². The molecule has 4 nitrogen and oxygen atoms in total. The van der Waals surface area contributed by atoms with Gasteiger partial charge in [0.15, 0.2) is 0 Å². The van der Waals surface area contributed by atoms with Gasteiger partial charge in [-0.3, -0.25) is 5.32 Å².